The van der Waals surface area contributed by atoms with E-state index in [9.17, 15) is 30.4 Å². The van der Waals surface area contributed by atoms with E-state index in [1.165, 1.54) is 6.20 Å². The molecule has 0 spiro atoms. The normalized spacial score (nSPS) is 20.8. The van der Waals surface area contributed by atoms with Crippen molar-refractivity contribution in [2.75, 3.05) is 0 Å². The summed E-state index contributed by atoms with van der Waals surface area (Å²) in [4.78, 5) is 2.77. The lowest BCUT2D eigenvalue weighted by Crippen LogP contribution is -2.37. The van der Waals surface area contributed by atoms with E-state index < -0.39 is 50.5 Å². The first kappa shape index (κ1) is 19.1. The standard InChI is InChI=1S/C18H11F5N4O2S/c19-12-3-9-10(4-13(12)20)17-11-7-25-26-14(11)5-15(9)27(17)30(28,29)8-1-2-16(24-6-8)18(21,22)23/h1-4,6-7,15,17H,5H2,(H,25,26). The molecule has 4 heterocycles. The van der Waals surface area contributed by atoms with E-state index in [-0.39, 0.29) is 12.0 Å². The second kappa shape index (κ2) is 6.08. The number of alkyl halides is 3. The molecule has 1 aromatic carbocycles. The number of nitrogens with one attached hydrogen (secondary N) is 1. The number of aromatic amines is 1. The Morgan fingerprint density at radius 3 is 2.37 bits per heavy atom. The van der Waals surface area contributed by atoms with Gasteiger partial charge in [0.15, 0.2) is 11.6 Å². The molecule has 1 N–H and O–H groups in total. The van der Waals surface area contributed by atoms with Crippen molar-refractivity contribution in [3.8, 4) is 0 Å². The van der Waals surface area contributed by atoms with Crippen LogP contribution < -0.4 is 0 Å². The van der Waals surface area contributed by atoms with Crippen LogP contribution in [0.4, 0.5) is 22.0 Å². The molecule has 12 heteroatoms. The lowest BCUT2D eigenvalue weighted by atomic mass is 10.0. The van der Waals surface area contributed by atoms with Gasteiger partial charge in [0.25, 0.3) is 0 Å². The minimum Gasteiger partial charge on any atom is -0.282 e. The molecule has 0 aliphatic carbocycles. The van der Waals surface area contributed by atoms with E-state index in [1.54, 1.807) is 0 Å². The fourth-order valence-electron chi connectivity index (χ4n) is 4.10. The van der Waals surface area contributed by atoms with Gasteiger partial charge in [-0.2, -0.15) is 22.6 Å². The van der Waals surface area contributed by atoms with Crippen molar-refractivity contribution in [3.63, 3.8) is 0 Å². The van der Waals surface area contributed by atoms with Gasteiger partial charge in [-0.25, -0.2) is 17.2 Å². The second-order valence-corrected chi connectivity index (χ2v) is 8.88. The molecule has 0 saturated heterocycles. The Morgan fingerprint density at radius 1 is 1.03 bits per heavy atom. The molecular weight excluding hydrogens is 431 g/mol. The van der Waals surface area contributed by atoms with Crippen molar-refractivity contribution >= 4 is 10.0 Å². The number of sulfonamides is 1. The highest BCUT2D eigenvalue weighted by Crippen LogP contribution is 2.54. The van der Waals surface area contributed by atoms with Gasteiger partial charge in [0.2, 0.25) is 10.0 Å². The molecular formula is C18H11F5N4O2S. The zero-order valence-electron chi connectivity index (χ0n) is 14.8. The number of fused-ring (bicyclic) bond motifs is 7. The molecule has 2 aliphatic rings. The van der Waals surface area contributed by atoms with Crippen LogP contribution in [0, 0.1) is 11.6 Å². The fourth-order valence-corrected chi connectivity index (χ4v) is 5.80. The number of rotatable bonds is 2. The average molecular weight is 442 g/mol. The molecule has 2 unspecified atom stereocenters. The number of H-pyrrole nitrogens is 1. The van der Waals surface area contributed by atoms with Gasteiger partial charge in [0.1, 0.15) is 10.6 Å². The number of benzene rings is 1. The summed E-state index contributed by atoms with van der Waals surface area (Å²) in [5, 5.41) is 6.67. The predicted molar refractivity (Wildman–Crippen MR) is 91.5 cm³/mol. The van der Waals surface area contributed by atoms with Crippen LogP contribution >= 0.6 is 0 Å². The Kier molecular flexibility index (Phi) is 3.87. The van der Waals surface area contributed by atoms with Crippen LogP contribution in [-0.2, 0) is 22.6 Å². The summed E-state index contributed by atoms with van der Waals surface area (Å²) in [6.45, 7) is 0. The lowest BCUT2D eigenvalue weighted by Gasteiger charge is -2.33. The van der Waals surface area contributed by atoms with Crippen molar-refractivity contribution in [1.82, 2.24) is 19.5 Å². The molecule has 30 heavy (non-hydrogen) atoms. The Hall–Kier alpha value is -2.86. The van der Waals surface area contributed by atoms with Crippen LogP contribution in [0.25, 0.3) is 0 Å². The molecule has 2 aliphatic heterocycles. The van der Waals surface area contributed by atoms with Gasteiger partial charge in [-0.3, -0.25) is 10.1 Å². The summed E-state index contributed by atoms with van der Waals surface area (Å²) in [5.41, 5.74) is 0.431. The highest BCUT2D eigenvalue weighted by Gasteiger charge is 2.51. The van der Waals surface area contributed by atoms with E-state index in [4.69, 9.17) is 0 Å². The molecule has 2 aromatic heterocycles. The van der Waals surface area contributed by atoms with Crippen LogP contribution in [0.15, 0.2) is 41.6 Å². The first-order chi connectivity index (χ1) is 14.1. The molecule has 5 rings (SSSR count). The van der Waals surface area contributed by atoms with Gasteiger partial charge in [0, 0.05) is 23.9 Å². The molecule has 2 bridgehead atoms. The Balaban J connectivity index is 1.66. The highest BCUT2D eigenvalue weighted by molar-refractivity contribution is 7.89. The number of nitrogens with zero attached hydrogens (tertiary/aromatic N) is 3. The third-order valence-corrected chi connectivity index (χ3v) is 7.24. The van der Waals surface area contributed by atoms with E-state index in [2.05, 4.69) is 15.2 Å². The Labute approximate surface area is 166 Å². The summed E-state index contributed by atoms with van der Waals surface area (Å²) < 4.78 is 94.0. The number of aromatic nitrogens is 3. The monoisotopic (exact) mass is 442 g/mol. The lowest BCUT2D eigenvalue weighted by molar-refractivity contribution is -0.141. The quantitative estimate of drug-likeness (QED) is 0.617. The summed E-state index contributed by atoms with van der Waals surface area (Å²) in [6.07, 6.45) is -2.56. The third-order valence-electron chi connectivity index (χ3n) is 5.39. The zero-order valence-corrected chi connectivity index (χ0v) is 15.6. The molecule has 6 nitrogen and oxygen atoms in total. The van der Waals surface area contributed by atoms with Crippen LogP contribution in [-0.4, -0.2) is 27.9 Å². The molecule has 0 fully saturated rings. The molecule has 0 amide bonds. The van der Waals surface area contributed by atoms with Crippen LogP contribution in [0.1, 0.15) is 40.2 Å². The fraction of sp³-hybridized carbons (Fsp3) is 0.222. The van der Waals surface area contributed by atoms with Crippen molar-refractivity contribution in [1.29, 1.82) is 0 Å². The van der Waals surface area contributed by atoms with Crippen LogP contribution in [0.5, 0.6) is 0 Å². The van der Waals surface area contributed by atoms with Gasteiger partial charge < -0.3 is 0 Å². The summed E-state index contributed by atoms with van der Waals surface area (Å²) >= 11 is 0. The maximum absolute atomic E-state index is 14.0. The van der Waals surface area contributed by atoms with E-state index >= 15 is 0 Å². The second-order valence-electron chi connectivity index (χ2n) is 7.03. The summed E-state index contributed by atoms with van der Waals surface area (Å²) in [7, 11) is -4.36. The van der Waals surface area contributed by atoms with Crippen molar-refractivity contribution < 1.29 is 30.4 Å². The minimum atomic E-state index is -4.72. The smallest absolute Gasteiger partial charge is 0.282 e. The number of hydrogen-bond acceptors (Lipinski definition) is 4. The first-order valence-corrected chi connectivity index (χ1v) is 10.1. The predicted octanol–water partition coefficient (Wildman–Crippen LogP) is 3.49. The van der Waals surface area contributed by atoms with E-state index in [0.717, 1.165) is 22.5 Å². The van der Waals surface area contributed by atoms with Crippen LogP contribution in [0.3, 0.4) is 0 Å². The molecule has 0 saturated carbocycles. The van der Waals surface area contributed by atoms with Crippen LogP contribution in [0.2, 0.25) is 0 Å². The van der Waals surface area contributed by atoms with Gasteiger partial charge in [0.05, 0.1) is 18.3 Å². The molecule has 156 valence electrons. The summed E-state index contributed by atoms with van der Waals surface area (Å²) in [6, 6.07) is 1.44. The van der Waals surface area contributed by atoms with Crippen molar-refractivity contribution in [3.05, 3.63) is 76.4 Å². The van der Waals surface area contributed by atoms with Gasteiger partial charge in [-0.15, -0.1) is 0 Å². The third kappa shape index (κ3) is 2.59. The molecule has 0 radical (unpaired) electrons. The minimum absolute atomic E-state index is 0.122. The van der Waals surface area contributed by atoms with Gasteiger partial charge in [-0.1, -0.05) is 0 Å². The Bertz CT molecular complexity index is 1270. The largest absolute Gasteiger partial charge is 0.433 e. The number of hydrogen-bond donors (Lipinski definition) is 1. The topological polar surface area (TPSA) is 79.0 Å². The molecule has 2 atom stereocenters. The van der Waals surface area contributed by atoms with Crippen molar-refractivity contribution in [2.24, 2.45) is 0 Å². The highest BCUT2D eigenvalue weighted by atomic mass is 32.2. The van der Waals surface area contributed by atoms with E-state index in [1.807, 2.05) is 0 Å². The number of pyridine rings is 1. The average Bonchev–Trinajstić information content (AvgIpc) is 3.24. The van der Waals surface area contributed by atoms with Gasteiger partial charge in [-0.05, 0) is 35.4 Å². The SMILES string of the molecule is O=S(=O)(c1ccc(C(F)(F)F)nc1)N1C2Cc3[nH]ncc3C1c1cc(F)c(F)cc12. The van der Waals surface area contributed by atoms with Crippen molar-refractivity contribution in [2.45, 2.75) is 29.6 Å². The Morgan fingerprint density at radius 2 is 1.73 bits per heavy atom. The maximum atomic E-state index is 14.0. The first-order valence-electron chi connectivity index (χ1n) is 8.67. The summed E-state index contributed by atoms with van der Waals surface area (Å²) in [5.74, 6) is -2.24. The van der Waals surface area contributed by atoms with Gasteiger partial charge >= 0.3 is 6.18 Å². The maximum Gasteiger partial charge on any atom is 0.433 e. The molecule has 3 aromatic rings. The van der Waals surface area contributed by atoms with E-state index in [0.29, 0.717) is 29.1 Å². The zero-order chi connectivity index (χ0) is 21.4. The number of halogens is 5.